The fourth-order valence-electron chi connectivity index (χ4n) is 4.04. The summed E-state index contributed by atoms with van der Waals surface area (Å²) in [6.45, 7) is 5.89. The number of hydroxylamine groups is 2. The Morgan fingerprint density at radius 2 is 1.54 bits per heavy atom. The van der Waals surface area contributed by atoms with Crippen molar-refractivity contribution in [2.75, 3.05) is 18.9 Å². The maximum atomic E-state index is 12.8. The summed E-state index contributed by atoms with van der Waals surface area (Å²) >= 11 is 0. The van der Waals surface area contributed by atoms with Gasteiger partial charge >= 0.3 is 18.0 Å². The molecule has 4 rings (SSSR count). The van der Waals surface area contributed by atoms with Gasteiger partial charge in [0, 0.05) is 29.3 Å². The van der Waals surface area contributed by atoms with E-state index in [0.717, 1.165) is 22.3 Å². The number of aliphatic carboxylic acids is 1. The number of alkyl carbamates (subject to hydrolysis) is 1. The SMILES string of the molecule is CC(C)(C)SSCC(NC(=O)OCC1c2ccccc2-c2ccccc21)C(=O)ON1C(=O)CCC1=O.NCC(=O)O. The molecule has 3 amide bonds. The minimum absolute atomic E-state index is 0.00872. The Hall–Kier alpha value is -3.55. The lowest BCUT2D eigenvalue weighted by atomic mass is 9.98. The van der Waals surface area contributed by atoms with E-state index in [0.29, 0.717) is 5.06 Å². The van der Waals surface area contributed by atoms with E-state index < -0.39 is 35.9 Å². The summed E-state index contributed by atoms with van der Waals surface area (Å²) in [5.74, 6) is -2.98. The molecule has 11 nitrogen and oxygen atoms in total. The highest BCUT2D eigenvalue weighted by Gasteiger charge is 2.36. The average molecular weight is 604 g/mol. The van der Waals surface area contributed by atoms with E-state index in [2.05, 4.69) is 11.1 Å². The number of fused-ring (bicyclic) bond motifs is 3. The lowest BCUT2D eigenvalue weighted by Crippen LogP contribution is -2.47. The highest BCUT2D eigenvalue weighted by atomic mass is 33.1. The van der Waals surface area contributed by atoms with E-state index in [9.17, 15) is 24.0 Å². The number of rotatable bonds is 9. The normalized spacial score (nSPS) is 14.9. The highest BCUT2D eigenvalue weighted by molar-refractivity contribution is 8.77. The van der Waals surface area contributed by atoms with E-state index in [1.807, 2.05) is 69.3 Å². The van der Waals surface area contributed by atoms with Gasteiger partial charge in [-0.2, -0.15) is 0 Å². The molecule has 2 aromatic carbocycles. The molecule has 0 bridgehead atoms. The molecule has 4 N–H and O–H groups in total. The largest absolute Gasteiger partial charge is 0.480 e. The van der Waals surface area contributed by atoms with Crippen LogP contribution in [0.3, 0.4) is 0 Å². The molecule has 1 saturated heterocycles. The van der Waals surface area contributed by atoms with Gasteiger partial charge in [-0.05, 0) is 22.3 Å². The number of hydrogen-bond acceptors (Lipinski definition) is 10. The van der Waals surface area contributed by atoms with Gasteiger partial charge in [0.05, 0.1) is 6.54 Å². The van der Waals surface area contributed by atoms with Crippen molar-refractivity contribution in [2.24, 2.45) is 5.73 Å². The average Bonchev–Trinajstić information content (AvgIpc) is 3.42. The molecule has 0 radical (unpaired) electrons. The number of carbonyl (C=O) groups excluding carboxylic acids is 4. The highest BCUT2D eigenvalue weighted by Crippen LogP contribution is 2.44. The second-order valence-electron chi connectivity index (χ2n) is 10.1. The molecule has 0 saturated carbocycles. The zero-order valence-electron chi connectivity index (χ0n) is 23.0. The molecule has 220 valence electrons. The van der Waals surface area contributed by atoms with E-state index in [1.54, 1.807) is 0 Å². The van der Waals surface area contributed by atoms with Gasteiger partial charge in [0.15, 0.2) is 0 Å². The minimum atomic E-state index is -1.11. The quantitative estimate of drug-likeness (QED) is 0.283. The summed E-state index contributed by atoms with van der Waals surface area (Å²) < 4.78 is 5.48. The first-order valence-electron chi connectivity index (χ1n) is 12.8. The second kappa shape index (κ2) is 14.4. The third-order valence-electron chi connectivity index (χ3n) is 5.83. The minimum Gasteiger partial charge on any atom is -0.480 e. The van der Waals surface area contributed by atoms with Gasteiger partial charge in [-0.3, -0.25) is 14.4 Å². The van der Waals surface area contributed by atoms with Crippen LogP contribution >= 0.6 is 21.6 Å². The number of benzene rings is 2. The molecule has 1 aliphatic carbocycles. The van der Waals surface area contributed by atoms with E-state index in [-0.39, 0.29) is 42.4 Å². The maximum Gasteiger partial charge on any atom is 0.407 e. The van der Waals surface area contributed by atoms with Crippen molar-refractivity contribution in [2.45, 2.75) is 50.3 Å². The van der Waals surface area contributed by atoms with E-state index >= 15 is 0 Å². The van der Waals surface area contributed by atoms with Crippen LogP contribution in [0.25, 0.3) is 11.1 Å². The fourth-order valence-corrected chi connectivity index (χ4v) is 6.49. The predicted octanol–water partition coefficient (Wildman–Crippen LogP) is 3.71. The molecule has 1 unspecified atom stereocenters. The lowest BCUT2D eigenvalue weighted by Gasteiger charge is -2.22. The van der Waals surface area contributed by atoms with Crippen LogP contribution in [0, 0.1) is 0 Å². The van der Waals surface area contributed by atoms with E-state index in [4.69, 9.17) is 14.7 Å². The Labute approximate surface area is 245 Å². The molecule has 1 atom stereocenters. The standard InChI is InChI=1S/C26H28N2O6S2.C2H5NO2/c1-26(2,3)36-35-15-21(24(31)34-28-22(29)12-13-23(28)30)27-25(32)33-14-20-18-10-6-4-8-16(18)17-9-5-7-11-19(17)20;3-1-2(4)5/h4-11,20-21H,12-15H2,1-3H3,(H,27,32);1,3H2,(H,4,5). The number of nitrogens with two attached hydrogens (primary N) is 1. The third kappa shape index (κ3) is 8.97. The van der Waals surface area contributed by atoms with Gasteiger partial charge in [-0.15, -0.1) is 5.06 Å². The number of carboxylic acids is 1. The van der Waals surface area contributed by atoms with Crippen molar-refractivity contribution in [3.63, 3.8) is 0 Å². The van der Waals surface area contributed by atoms with E-state index in [1.165, 1.54) is 21.6 Å². The third-order valence-corrected chi connectivity index (χ3v) is 9.17. The van der Waals surface area contributed by atoms with Crippen LogP contribution in [0.5, 0.6) is 0 Å². The Balaban J connectivity index is 0.000000850. The van der Waals surface area contributed by atoms with Crippen LogP contribution in [0.15, 0.2) is 48.5 Å². The Morgan fingerprint density at radius 3 is 2.02 bits per heavy atom. The number of nitrogens with zero attached hydrogens (tertiary/aromatic N) is 1. The summed E-state index contributed by atoms with van der Waals surface area (Å²) in [7, 11) is 2.92. The molecule has 2 aromatic rings. The van der Waals surface area contributed by atoms with Gasteiger partial charge in [0.1, 0.15) is 12.6 Å². The Bertz CT molecular complexity index is 1240. The van der Waals surface area contributed by atoms with Crippen LogP contribution in [-0.2, 0) is 28.8 Å². The van der Waals surface area contributed by atoms with Crippen LogP contribution < -0.4 is 11.1 Å². The van der Waals surface area contributed by atoms with Crippen molar-refractivity contribution in [1.82, 2.24) is 10.4 Å². The number of ether oxygens (including phenoxy) is 1. The van der Waals surface area contributed by atoms with Crippen LogP contribution in [0.1, 0.15) is 50.7 Å². The zero-order chi connectivity index (χ0) is 30.2. The fraction of sp³-hybridized carbons (Fsp3) is 0.393. The number of nitrogens with one attached hydrogen (secondary N) is 1. The number of carboxylic acid groups (broad SMARTS) is 1. The maximum absolute atomic E-state index is 12.8. The first kappa shape index (κ1) is 32.0. The number of imide groups is 1. The smallest absolute Gasteiger partial charge is 0.407 e. The summed E-state index contributed by atoms with van der Waals surface area (Å²) in [5.41, 5.74) is 8.94. The zero-order valence-corrected chi connectivity index (χ0v) is 24.6. The van der Waals surface area contributed by atoms with Crippen molar-refractivity contribution in [1.29, 1.82) is 0 Å². The topological polar surface area (TPSA) is 165 Å². The Morgan fingerprint density at radius 1 is 1.02 bits per heavy atom. The van der Waals surface area contributed by atoms with Crippen molar-refractivity contribution in [3.05, 3.63) is 59.7 Å². The van der Waals surface area contributed by atoms with Crippen molar-refractivity contribution >= 4 is 51.4 Å². The molecule has 13 heteroatoms. The summed E-state index contributed by atoms with van der Waals surface area (Å²) in [5, 5.41) is 10.6. The molecule has 2 aliphatic rings. The predicted molar refractivity (Wildman–Crippen MR) is 156 cm³/mol. The number of amides is 3. The second-order valence-corrected chi connectivity index (χ2v) is 13.3. The first-order valence-corrected chi connectivity index (χ1v) is 15.1. The first-order chi connectivity index (χ1) is 19.4. The molecular formula is C28H33N3O8S2. The molecule has 41 heavy (non-hydrogen) atoms. The summed E-state index contributed by atoms with van der Waals surface area (Å²) in [4.78, 5) is 63.6. The van der Waals surface area contributed by atoms with Gasteiger partial charge in [-0.25, -0.2) is 9.59 Å². The van der Waals surface area contributed by atoms with Gasteiger partial charge in [0.25, 0.3) is 11.8 Å². The monoisotopic (exact) mass is 603 g/mol. The number of hydrogen-bond donors (Lipinski definition) is 3. The molecule has 0 spiro atoms. The van der Waals surface area contributed by atoms with Gasteiger partial charge < -0.3 is 25.7 Å². The van der Waals surface area contributed by atoms with Crippen LogP contribution in [-0.4, -0.2) is 69.7 Å². The summed E-state index contributed by atoms with van der Waals surface area (Å²) in [6.07, 6.45) is -0.796. The number of carbonyl (C=O) groups is 5. The molecule has 0 aromatic heterocycles. The molecule has 1 aliphatic heterocycles. The lowest BCUT2D eigenvalue weighted by molar-refractivity contribution is -0.198. The summed E-state index contributed by atoms with van der Waals surface area (Å²) in [6, 6.07) is 14.9. The molecule has 1 fully saturated rings. The van der Waals surface area contributed by atoms with Gasteiger partial charge in [0.2, 0.25) is 0 Å². The molecular weight excluding hydrogens is 570 g/mol. The Kier molecular flexibility index (Phi) is 11.2. The molecule has 1 heterocycles. The van der Waals surface area contributed by atoms with Crippen LogP contribution in [0.4, 0.5) is 4.79 Å². The van der Waals surface area contributed by atoms with Crippen LogP contribution in [0.2, 0.25) is 0 Å². The van der Waals surface area contributed by atoms with Crippen molar-refractivity contribution in [3.8, 4) is 11.1 Å². The van der Waals surface area contributed by atoms with Crippen molar-refractivity contribution < 1.29 is 38.7 Å². The van der Waals surface area contributed by atoms with Gasteiger partial charge in [-0.1, -0.05) is 90.9 Å².